The van der Waals surface area contributed by atoms with Crippen LogP contribution in [-0.4, -0.2) is 39.6 Å². The second-order valence-corrected chi connectivity index (χ2v) is 9.45. The Hall–Kier alpha value is -3.41. The highest BCUT2D eigenvalue weighted by molar-refractivity contribution is 6.00. The van der Waals surface area contributed by atoms with Gasteiger partial charge in [-0.15, -0.1) is 0 Å². The van der Waals surface area contributed by atoms with Gasteiger partial charge in [0.1, 0.15) is 12.4 Å². The van der Waals surface area contributed by atoms with Gasteiger partial charge in [0.25, 0.3) is 5.91 Å². The molecule has 0 radical (unpaired) electrons. The first-order valence-corrected chi connectivity index (χ1v) is 11.4. The first-order valence-electron chi connectivity index (χ1n) is 11.4. The molecule has 3 aromatic rings. The van der Waals surface area contributed by atoms with Gasteiger partial charge in [-0.25, -0.2) is 4.68 Å². The summed E-state index contributed by atoms with van der Waals surface area (Å²) in [6.07, 6.45) is 0.764. The summed E-state index contributed by atoms with van der Waals surface area (Å²) in [5.74, 6) is 0.215. The molecule has 0 atom stereocenters. The van der Waals surface area contributed by atoms with Gasteiger partial charge in [0, 0.05) is 23.6 Å². The molecular formula is C27H34N4O2. The van der Waals surface area contributed by atoms with Crippen LogP contribution in [0.4, 0.5) is 5.82 Å². The lowest BCUT2D eigenvalue weighted by Crippen LogP contribution is -2.39. The van der Waals surface area contributed by atoms with Gasteiger partial charge >= 0.3 is 0 Å². The molecule has 0 saturated carbocycles. The second kappa shape index (κ2) is 10.0. The van der Waals surface area contributed by atoms with E-state index in [1.165, 1.54) is 0 Å². The van der Waals surface area contributed by atoms with E-state index >= 15 is 0 Å². The number of para-hydroxylation sites is 1. The summed E-state index contributed by atoms with van der Waals surface area (Å²) in [7, 11) is 0. The van der Waals surface area contributed by atoms with Crippen molar-refractivity contribution in [1.29, 1.82) is 0 Å². The number of aromatic nitrogens is 2. The number of carbonyl (C=O) groups is 2. The number of hydrogen-bond donors (Lipinski definition) is 1. The lowest BCUT2D eigenvalue weighted by Gasteiger charge is -2.22. The zero-order chi connectivity index (χ0) is 24.2. The molecule has 6 nitrogen and oxygen atoms in total. The molecule has 0 spiro atoms. The van der Waals surface area contributed by atoms with Crippen LogP contribution in [0.1, 0.15) is 61.3 Å². The molecule has 1 heterocycles. The molecule has 0 unspecified atom stereocenters. The Bertz CT molecular complexity index is 1140. The number of nitrogens with zero attached hydrogens (tertiary/aromatic N) is 3. The maximum atomic E-state index is 13.1. The van der Waals surface area contributed by atoms with Gasteiger partial charge in [0.15, 0.2) is 0 Å². The summed E-state index contributed by atoms with van der Waals surface area (Å²) < 4.78 is 1.78. The monoisotopic (exact) mass is 446 g/mol. The molecule has 0 saturated heterocycles. The number of aryl methyl sites for hydroxylation is 2. The highest BCUT2D eigenvalue weighted by Gasteiger charge is 2.24. The van der Waals surface area contributed by atoms with Gasteiger partial charge in [-0.3, -0.25) is 9.59 Å². The average Bonchev–Trinajstić information content (AvgIpc) is 3.17. The predicted molar refractivity (Wildman–Crippen MR) is 133 cm³/mol. The number of amides is 2. The van der Waals surface area contributed by atoms with Crippen molar-refractivity contribution in [2.75, 3.05) is 18.4 Å². The van der Waals surface area contributed by atoms with E-state index < -0.39 is 0 Å². The van der Waals surface area contributed by atoms with Crippen LogP contribution in [0.15, 0.2) is 54.6 Å². The minimum Gasteiger partial charge on any atom is -0.329 e. The molecule has 1 aromatic heterocycles. The molecule has 1 N–H and O–H groups in total. The largest absolute Gasteiger partial charge is 0.329 e. The second-order valence-electron chi connectivity index (χ2n) is 9.45. The molecule has 3 rings (SSSR count). The number of rotatable bonds is 7. The molecule has 0 aliphatic carbocycles. The lowest BCUT2D eigenvalue weighted by molar-refractivity contribution is -0.116. The maximum Gasteiger partial charge on any atom is 0.254 e. The van der Waals surface area contributed by atoms with Crippen LogP contribution in [0, 0.1) is 13.8 Å². The molecule has 0 fully saturated rings. The van der Waals surface area contributed by atoms with Crippen molar-refractivity contribution < 1.29 is 9.59 Å². The van der Waals surface area contributed by atoms with Crippen LogP contribution in [0.3, 0.4) is 0 Å². The van der Waals surface area contributed by atoms with E-state index in [2.05, 4.69) is 26.1 Å². The third kappa shape index (κ3) is 5.69. The molecule has 2 aromatic carbocycles. The summed E-state index contributed by atoms with van der Waals surface area (Å²) in [4.78, 5) is 27.8. The minimum atomic E-state index is -0.249. The van der Waals surface area contributed by atoms with Crippen molar-refractivity contribution >= 4 is 17.6 Å². The highest BCUT2D eigenvalue weighted by atomic mass is 16.2. The topological polar surface area (TPSA) is 67.2 Å². The SMILES string of the molecule is CCCN(CC(=O)Nc1cc(C(C)(C)C)nn1-c1ccccc1C)C(=O)c1ccccc1C. The van der Waals surface area contributed by atoms with E-state index in [0.29, 0.717) is 17.9 Å². The van der Waals surface area contributed by atoms with E-state index in [4.69, 9.17) is 5.10 Å². The zero-order valence-corrected chi connectivity index (χ0v) is 20.5. The first kappa shape index (κ1) is 24.2. The Balaban J connectivity index is 1.88. The number of carbonyl (C=O) groups excluding carboxylic acids is 2. The van der Waals surface area contributed by atoms with E-state index in [0.717, 1.165) is 28.9 Å². The predicted octanol–water partition coefficient (Wildman–Crippen LogP) is 5.28. The van der Waals surface area contributed by atoms with Gasteiger partial charge in [0.2, 0.25) is 5.91 Å². The van der Waals surface area contributed by atoms with Crippen LogP contribution in [-0.2, 0) is 10.2 Å². The summed E-state index contributed by atoms with van der Waals surface area (Å²) in [5, 5.41) is 7.80. The van der Waals surface area contributed by atoms with Gasteiger partial charge < -0.3 is 10.2 Å². The van der Waals surface area contributed by atoms with Crippen molar-refractivity contribution in [2.45, 2.75) is 53.4 Å². The lowest BCUT2D eigenvalue weighted by atomic mass is 9.92. The fourth-order valence-corrected chi connectivity index (χ4v) is 3.68. The smallest absolute Gasteiger partial charge is 0.254 e. The minimum absolute atomic E-state index is 0.0230. The van der Waals surface area contributed by atoms with Gasteiger partial charge in [0.05, 0.1) is 11.4 Å². The van der Waals surface area contributed by atoms with Crippen LogP contribution in [0.5, 0.6) is 0 Å². The van der Waals surface area contributed by atoms with Gasteiger partial charge in [-0.1, -0.05) is 64.1 Å². The standard InChI is InChI=1S/C27H34N4O2/c1-7-16-30(26(33)21-14-10-8-12-19(21)2)18-25(32)28-24-17-23(27(4,5)6)29-31(24)22-15-11-9-13-20(22)3/h8-15,17H,7,16,18H2,1-6H3,(H,28,32). The van der Waals surface area contributed by atoms with Crippen molar-refractivity contribution in [2.24, 2.45) is 0 Å². The van der Waals surface area contributed by atoms with Crippen molar-refractivity contribution in [3.63, 3.8) is 0 Å². The molecule has 6 heteroatoms. The van der Waals surface area contributed by atoms with Crippen LogP contribution < -0.4 is 5.32 Å². The number of hydrogen-bond acceptors (Lipinski definition) is 3. The van der Waals surface area contributed by atoms with Crippen LogP contribution in [0.25, 0.3) is 5.69 Å². The van der Waals surface area contributed by atoms with Crippen molar-refractivity contribution in [3.8, 4) is 5.69 Å². The zero-order valence-electron chi connectivity index (χ0n) is 20.5. The molecule has 0 aliphatic heterocycles. The fraction of sp³-hybridized carbons (Fsp3) is 0.370. The molecule has 0 bridgehead atoms. The summed E-state index contributed by atoms with van der Waals surface area (Å²) in [6, 6.07) is 17.3. The van der Waals surface area contributed by atoms with E-state index in [1.54, 1.807) is 15.6 Å². The van der Waals surface area contributed by atoms with E-state index in [-0.39, 0.29) is 23.8 Å². The molecule has 33 heavy (non-hydrogen) atoms. The maximum absolute atomic E-state index is 13.1. The van der Waals surface area contributed by atoms with Gasteiger partial charge in [-0.2, -0.15) is 5.10 Å². The quantitative estimate of drug-likeness (QED) is 0.537. The third-order valence-electron chi connectivity index (χ3n) is 5.58. The Morgan fingerprint density at radius 3 is 2.24 bits per heavy atom. The Labute approximate surface area is 196 Å². The molecule has 2 amide bonds. The number of benzene rings is 2. The normalized spacial score (nSPS) is 11.3. The van der Waals surface area contributed by atoms with E-state index in [1.807, 2.05) is 69.3 Å². The van der Waals surface area contributed by atoms with Gasteiger partial charge in [-0.05, 0) is 43.5 Å². The summed E-state index contributed by atoms with van der Waals surface area (Å²) in [5.41, 5.74) is 4.18. The molecule has 174 valence electrons. The Morgan fingerprint density at radius 1 is 1.00 bits per heavy atom. The number of anilines is 1. The summed E-state index contributed by atoms with van der Waals surface area (Å²) in [6.45, 7) is 12.7. The van der Waals surface area contributed by atoms with Crippen molar-refractivity contribution in [1.82, 2.24) is 14.7 Å². The van der Waals surface area contributed by atoms with Crippen LogP contribution >= 0.6 is 0 Å². The molecular weight excluding hydrogens is 412 g/mol. The Morgan fingerprint density at radius 2 is 1.64 bits per heavy atom. The first-order chi connectivity index (χ1) is 15.6. The average molecular weight is 447 g/mol. The fourth-order valence-electron chi connectivity index (χ4n) is 3.68. The number of nitrogens with one attached hydrogen (secondary N) is 1. The highest BCUT2D eigenvalue weighted by Crippen LogP contribution is 2.27. The van der Waals surface area contributed by atoms with Crippen LogP contribution in [0.2, 0.25) is 0 Å². The Kier molecular flexibility index (Phi) is 7.36. The molecule has 0 aliphatic rings. The summed E-state index contributed by atoms with van der Waals surface area (Å²) >= 11 is 0. The third-order valence-corrected chi connectivity index (χ3v) is 5.58. The van der Waals surface area contributed by atoms with E-state index in [9.17, 15) is 9.59 Å². The van der Waals surface area contributed by atoms with Crippen molar-refractivity contribution in [3.05, 3.63) is 77.0 Å².